The fraction of sp³-hybridized carbons (Fsp3) is 0.571. The number of hydrogen-bond donors (Lipinski definition) is 2. The molecule has 1 heterocycles. The molecule has 0 aromatic heterocycles. The molecule has 1 atom stereocenters. The second-order valence-corrected chi connectivity index (χ2v) is 4.58. The Morgan fingerprint density at radius 1 is 1.41 bits per heavy atom. The zero-order chi connectivity index (χ0) is 12.1. The van der Waals surface area contributed by atoms with Gasteiger partial charge in [0.25, 0.3) is 0 Å². The predicted molar refractivity (Wildman–Crippen MR) is 71.3 cm³/mol. The van der Waals surface area contributed by atoms with Crippen molar-refractivity contribution < 1.29 is 5.11 Å². The Labute approximate surface area is 103 Å². The number of para-hydroxylation sites is 1. The third-order valence-corrected chi connectivity index (χ3v) is 3.45. The quantitative estimate of drug-likeness (QED) is 0.815. The monoisotopic (exact) mass is 234 g/mol. The van der Waals surface area contributed by atoms with Gasteiger partial charge in [0.2, 0.25) is 0 Å². The van der Waals surface area contributed by atoms with Crippen LogP contribution in [0.3, 0.4) is 0 Å². The minimum atomic E-state index is 0.259. The molecule has 0 radical (unpaired) electrons. The lowest BCUT2D eigenvalue weighted by atomic mass is 10.1. The molecule has 0 spiro atoms. The van der Waals surface area contributed by atoms with Crippen LogP contribution in [0.15, 0.2) is 24.3 Å². The van der Waals surface area contributed by atoms with Crippen molar-refractivity contribution in [2.45, 2.75) is 32.4 Å². The van der Waals surface area contributed by atoms with Gasteiger partial charge in [0.05, 0.1) is 12.6 Å². The first-order chi connectivity index (χ1) is 8.36. The summed E-state index contributed by atoms with van der Waals surface area (Å²) in [4.78, 5) is 2.35. The number of nitrogens with one attached hydrogen (secondary N) is 1. The fourth-order valence-corrected chi connectivity index (χ4v) is 2.54. The molecule has 94 valence electrons. The summed E-state index contributed by atoms with van der Waals surface area (Å²) >= 11 is 0. The summed E-state index contributed by atoms with van der Waals surface area (Å²) in [6, 6.07) is 8.81. The van der Waals surface area contributed by atoms with Crippen LogP contribution in [-0.4, -0.2) is 30.8 Å². The van der Waals surface area contributed by atoms with E-state index >= 15 is 0 Å². The molecule has 1 fully saturated rings. The van der Waals surface area contributed by atoms with Gasteiger partial charge in [-0.3, -0.25) is 0 Å². The van der Waals surface area contributed by atoms with Crippen LogP contribution in [-0.2, 0) is 6.54 Å². The van der Waals surface area contributed by atoms with E-state index in [9.17, 15) is 5.11 Å². The summed E-state index contributed by atoms with van der Waals surface area (Å²) in [5.41, 5.74) is 2.61. The lowest BCUT2D eigenvalue weighted by Crippen LogP contribution is -2.33. The summed E-state index contributed by atoms with van der Waals surface area (Å²) in [7, 11) is 0. The minimum absolute atomic E-state index is 0.259. The van der Waals surface area contributed by atoms with Gasteiger partial charge in [-0.05, 0) is 31.0 Å². The Balaban J connectivity index is 2.18. The van der Waals surface area contributed by atoms with E-state index in [1.54, 1.807) is 0 Å². The lowest BCUT2D eigenvalue weighted by Gasteiger charge is -2.27. The summed E-state index contributed by atoms with van der Waals surface area (Å²) in [6.07, 6.45) is 2.28. The Hall–Kier alpha value is -1.06. The molecule has 2 rings (SSSR count). The van der Waals surface area contributed by atoms with E-state index in [0.29, 0.717) is 6.04 Å². The average Bonchev–Trinajstić information content (AvgIpc) is 2.84. The molecule has 0 aliphatic carbocycles. The van der Waals surface area contributed by atoms with Crippen molar-refractivity contribution in [3.63, 3.8) is 0 Å². The van der Waals surface area contributed by atoms with Crippen molar-refractivity contribution in [3.8, 4) is 0 Å². The Bertz CT molecular complexity index is 354. The number of benzene rings is 1. The molecular weight excluding hydrogens is 212 g/mol. The summed E-state index contributed by atoms with van der Waals surface area (Å²) in [5.74, 6) is 0. The Morgan fingerprint density at radius 2 is 2.24 bits per heavy atom. The average molecular weight is 234 g/mol. The molecule has 3 nitrogen and oxygen atoms in total. The second kappa shape index (κ2) is 6.03. The van der Waals surface area contributed by atoms with Crippen LogP contribution in [0.1, 0.15) is 25.3 Å². The van der Waals surface area contributed by atoms with Gasteiger partial charge in [-0.15, -0.1) is 0 Å². The van der Waals surface area contributed by atoms with Crippen LogP contribution in [0.2, 0.25) is 0 Å². The van der Waals surface area contributed by atoms with E-state index in [1.165, 1.54) is 17.7 Å². The maximum absolute atomic E-state index is 9.41. The van der Waals surface area contributed by atoms with E-state index in [-0.39, 0.29) is 6.61 Å². The number of rotatable bonds is 5. The van der Waals surface area contributed by atoms with E-state index in [0.717, 1.165) is 26.1 Å². The summed E-state index contributed by atoms with van der Waals surface area (Å²) in [6.45, 7) is 5.33. The predicted octanol–water partition coefficient (Wildman–Crippen LogP) is 1.76. The molecule has 1 saturated heterocycles. The normalized spacial score (nSPS) is 19.9. The van der Waals surface area contributed by atoms with Crippen LogP contribution >= 0.6 is 0 Å². The van der Waals surface area contributed by atoms with Crippen LogP contribution in [0.5, 0.6) is 0 Å². The standard InChI is InChI=1S/C14H22N2O/c1-2-15-10-12-6-3-4-8-14(12)16-9-5-7-13(16)11-17/h3-4,6,8,13,15,17H,2,5,7,9-11H2,1H3. The highest BCUT2D eigenvalue weighted by atomic mass is 16.3. The molecule has 1 aliphatic rings. The number of aliphatic hydroxyl groups excluding tert-OH is 1. The summed E-state index contributed by atoms with van der Waals surface area (Å²) in [5, 5.41) is 12.8. The van der Waals surface area contributed by atoms with Crippen molar-refractivity contribution >= 4 is 5.69 Å². The van der Waals surface area contributed by atoms with E-state index in [2.05, 4.69) is 41.4 Å². The van der Waals surface area contributed by atoms with Gasteiger partial charge in [0, 0.05) is 18.8 Å². The van der Waals surface area contributed by atoms with Gasteiger partial charge in [-0.2, -0.15) is 0 Å². The Morgan fingerprint density at radius 3 is 3.00 bits per heavy atom. The molecular formula is C14H22N2O. The summed E-state index contributed by atoms with van der Waals surface area (Å²) < 4.78 is 0. The highest BCUT2D eigenvalue weighted by Gasteiger charge is 2.25. The highest BCUT2D eigenvalue weighted by molar-refractivity contribution is 5.55. The molecule has 17 heavy (non-hydrogen) atoms. The van der Waals surface area contributed by atoms with E-state index in [1.807, 2.05) is 0 Å². The molecule has 0 bridgehead atoms. The fourth-order valence-electron chi connectivity index (χ4n) is 2.54. The minimum Gasteiger partial charge on any atom is -0.394 e. The number of aliphatic hydroxyl groups is 1. The van der Waals surface area contributed by atoms with Crippen LogP contribution in [0.25, 0.3) is 0 Å². The third kappa shape index (κ3) is 2.79. The van der Waals surface area contributed by atoms with Crippen LogP contribution in [0.4, 0.5) is 5.69 Å². The van der Waals surface area contributed by atoms with Gasteiger partial charge in [0.1, 0.15) is 0 Å². The SMILES string of the molecule is CCNCc1ccccc1N1CCCC1CO. The van der Waals surface area contributed by atoms with Crippen LogP contribution in [0, 0.1) is 0 Å². The number of anilines is 1. The first kappa shape index (κ1) is 12.4. The molecule has 1 aromatic rings. The molecule has 0 saturated carbocycles. The van der Waals surface area contributed by atoms with Crippen molar-refractivity contribution in [1.29, 1.82) is 0 Å². The maximum atomic E-state index is 9.41. The zero-order valence-corrected chi connectivity index (χ0v) is 10.5. The van der Waals surface area contributed by atoms with Gasteiger partial charge in [0.15, 0.2) is 0 Å². The van der Waals surface area contributed by atoms with Crippen molar-refractivity contribution in [3.05, 3.63) is 29.8 Å². The maximum Gasteiger partial charge on any atom is 0.0635 e. The lowest BCUT2D eigenvalue weighted by molar-refractivity contribution is 0.266. The Kier molecular flexibility index (Phi) is 4.40. The van der Waals surface area contributed by atoms with Gasteiger partial charge >= 0.3 is 0 Å². The first-order valence-electron chi connectivity index (χ1n) is 6.53. The third-order valence-electron chi connectivity index (χ3n) is 3.45. The van der Waals surface area contributed by atoms with E-state index in [4.69, 9.17) is 0 Å². The number of hydrogen-bond acceptors (Lipinski definition) is 3. The van der Waals surface area contributed by atoms with Gasteiger partial charge in [-0.25, -0.2) is 0 Å². The van der Waals surface area contributed by atoms with Crippen molar-refractivity contribution in [1.82, 2.24) is 5.32 Å². The van der Waals surface area contributed by atoms with Gasteiger partial charge < -0.3 is 15.3 Å². The number of nitrogens with zero attached hydrogens (tertiary/aromatic N) is 1. The molecule has 1 aromatic carbocycles. The van der Waals surface area contributed by atoms with Crippen LogP contribution < -0.4 is 10.2 Å². The van der Waals surface area contributed by atoms with Crippen molar-refractivity contribution in [2.24, 2.45) is 0 Å². The van der Waals surface area contributed by atoms with Crippen molar-refractivity contribution in [2.75, 3.05) is 24.6 Å². The smallest absolute Gasteiger partial charge is 0.0635 e. The molecule has 1 unspecified atom stereocenters. The first-order valence-corrected chi connectivity index (χ1v) is 6.53. The molecule has 0 amide bonds. The van der Waals surface area contributed by atoms with Gasteiger partial charge in [-0.1, -0.05) is 25.1 Å². The molecule has 3 heteroatoms. The zero-order valence-electron chi connectivity index (χ0n) is 10.5. The van der Waals surface area contributed by atoms with E-state index < -0.39 is 0 Å². The molecule has 2 N–H and O–H groups in total. The molecule has 1 aliphatic heterocycles. The topological polar surface area (TPSA) is 35.5 Å². The second-order valence-electron chi connectivity index (χ2n) is 4.58. The largest absolute Gasteiger partial charge is 0.394 e. The highest BCUT2D eigenvalue weighted by Crippen LogP contribution is 2.28.